The van der Waals surface area contributed by atoms with Crippen LogP contribution in [0.25, 0.3) is 0 Å². The van der Waals surface area contributed by atoms with E-state index in [1.807, 2.05) is 48.8 Å². The second-order valence-corrected chi connectivity index (χ2v) is 4.47. The second-order valence-electron chi connectivity index (χ2n) is 4.47. The predicted molar refractivity (Wildman–Crippen MR) is 71.2 cm³/mol. The van der Waals surface area contributed by atoms with Crippen molar-refractivity contribution < 1.29 is 9.47 Å². The standard InChI is InChI=1S/C12H15N5O2/c1-16(2)12-15-14-11(17(12)3)13-8-4-5-9-10(6-8)19-7-18-9/h4-6H,7H2,1-3H3,(H,13,14). The minimum Gasteiger partial charge on any atom is -0.454 e. The van der Waals surface area contributed by atoms with Crippen molar-refractivity contribution in [2.75, 3.05) is 31.1 Å². The number of hydrogen-bond acceptors (Lipinski definition) is 6. The van der Waals surface area contributed by atoms with Gasteiger partial charge in [0.05, 0.1) is 0 Å². The molecule has 0 fully saturated rings. The molecule has 2 heterocycles. The van der Waals surface area contributed by atoms with E-state index in [1.54, 1.807) is 0 Å². The van der Waals surface area contributed by atoms with Crippen LogP contribution in [0.3, 0.4) is 0 Å². The van der Waals surface area contributed by atoms with Gasteiger partial charge in [-0.25, -0.2) is 0 Å². The molecule has 1 aromatic carbocycles. The van der Waals surface area contributed by atoms with Crippen LogP contribution in [0.2, 0.25) is 0 Å². The van der Waals surface area contributed by atoms with Crippen molar-refractivity contribution in [1.82, 2.24) is 14.8 Å². The summed E-state index contributed by atoms with van der Waals surface area (Å²) in [5.74, 6) is 2.95. The summed E-state index contributed by atoms with van der Waals surface area (Å²) in [6.07, 6.45) is 0. The van der Waals surface area contributed by atoms with Crippen molar-refractivity contribution in [2.24, 2.45) is 7.05 Å². The summed E-state index contributed by atoms with van der Waals surface area (Å²) >= 11 is 0. The number of hydrogen-bond donors (Lipinski definition) is 1. The molecule has 19 heavy (non-hydrogen) atoms. The first-order valence-corrected chi connectivity index (χ1v) is 5.88. The van der Waals surface area contributed by atoms with Crippen molar-refractivity contribution >= 4 is 17.6 Å². The molecule has 7 heteroatoms. The van der Waals surface area contributed by atoms with Gasteiger partial charge in [-0.1, -0.05) is 0 Å². The molecule has 0 radical (unpaired) electrons. The zero-order valence-corrected chi connectivity index (χ0v) is 11.0. The second kappa shape index (κ2) is 4.34. The van der Waals surface area contributed by atoms with Gasteiger partial charge >= 0.3 is 0 Å². The van der Waals surface area contributed by atoms with Crippen LogP contribution in [0.5, 0.6) is 11.5 Å². The molecule has 1 aliphatic heterocycles. The molecule has 100 valence electrons. The Morgan fingerprint density at radius 2 is 2.00 bits per heavy atom. The summed E-state index contributed by atoms with van der Waals surface area (Å²) in [6.45, 7) is 0.271. The van der Waals surface area contributed by atoms with Crippen LogP contribution < -0.4 is 19.7 Å². The van der Waals surface area contributed by atoms with E-state index in [0.29, 0.717) is 5.95 Å². The Balaban J connectivity index is 1.85. The highest BCUT2D eigenvalue weighted by Crippen LogP contribution is 2.34. The largest absolute Gasteiger partial charge is 0.454 e. The van der Waals surface area contributed by atoms with Gasteiger partial charge in [-0.05, 0) is 12.1 Å². The maximum absolute atomic E-state index is 5.34. The molecule has 2 aromatic rings. The minimum atomic E-state index is 0.271. The molecule has 7 nitrogen and oxygen atoms in total. The highest BCUT2D eigenvalue weighted by molar-refractivity contribution is 5.61. The highest BCUT2D eigenvalue weighted by Gasteiger charge is 2.15. The fourth-order valence-corrected chi connectivity index (χ4v) is 1.92. The fourth-order valence-electron chi connectivity index (χ4n) is 1.92. The number of nitrogens with zero attached hydrogens (tertiary/aromatic N) is 4. The number of benzene rings is 1. The summed E-state index contributed by atoms with van der Waals surface area (Å²) in [5.41, 5.74) is 0.880. The summed E-state index contributed by atoms with van der Waals surface area (Å²) in [4.78, 5) is 1.90. The van der Waals surface area contributed by atoms with Crippen LogP contribution >= 0.6 is 0 Å². The van der Waals surface area contributed by atoms with Gasteiger partial charge in [0.2, 0.25) is 18.7 Å². The topological polar surface area (TPSA) is 64.4 Å². The Morgan fingerprint density at radius 3 is 2.74 bits per heavy atom. The maximum atomic E-state index is 5.34. The Morgan fingerprint density at radius 1 is 1.21 bits per heavy atom. The molecule has 3 rings (SSSR count). The molecule has 0 unspecified atom stereocenters. The van der Waals surface area contributed by atoms with Gasteiger partial charge in [-0.15, -0.1) is 10.2 Å². The summed E-state index contributed by atoms with van der Waals surface area (Å²) in [7, 11) is 5.76. The maximum Gasteiger partial charge on any atom is 0.231 e. The first-order chi connectivity index (χ1) is 9.15. The van der Waals surface area contributed by atoms with E-state index in [9.17, 15) is 0 Å². The van der Waals surface area contributed by atoms with Crippen LogP contribution in [-0.2, 0) is 7.05 Å². The lowest BCUT2D eigenvalue weighted by Gasteiger charge is -2.11. The van der Waals surface area contributed by atoms with Crippen molar-refractivity contribution in [3.8, 4) is 11.5 Å². The number of nitrogens with one attached hydrogen (secondary N) is 1. The molecular weight excluding hydrogens is 246 g/mol. The average molecular weight is 261 g/mol. The van der Waals surface area contributed by atoms with E-state index in [0.717, 1.165) is 23.1 Å². The van der Waals surface area contributed by atoms with Crippen molar-refractivity contribution in [2.45, 2.75) is 0 Å². The van der Waals surface area contributed by atoms with Crippen LogP contribution in [0.15, 0.2) is 18.2 Å². The van der Waals surface area contributed by atoms with Crippen LogP contribution in [0.1, 0.15) is 0 Å². The Hall–Kier alpha value is -2.44. The molecule has 0 saturated carbocycles. The van der Waals surface area contributed by atoms with Crippen LogP contribution in [0, 0.1) is 0 Å². The molecule has 1 aromatic heterocycles. The third kappa shape index (κ3) is 2.03. The van der Waals surface area contributed by atoms with Crippen molar-refractivity contribution in [3.63, 3.8) is 0 Å². The lowest BCUT2D eigenvalue weighted by Crippen LogP contribution is -2.14. The zero-order valence-electron chi connectivity index (χ0n) is 11.0. The summed E-state index contributed by atoms with van der Waals surface area (Å²) < 4.78 is 12.5. The summed E-state index contributed by atoms with van der Waals surface area (Å²) in [6, 6.07) is 5.66. The monoisotopic (exact) mass is 261 g/mol. The minimum absolute atomic E-state index is 0.271. The molecule has 0 atom stereocenters. The highest BCUT2D eigenvalue weighted by atomic mass is 16.7. The SMILES string of the molecule is CN(C)c1nnc(Nc2ccc3c(c2)OCO3)n1C. The van der Waals surface area contributed by atoms with Crippen LogP contribution in [0.4, 0.5) is 17.6 Å². The van der Waals surface area contributed by atoms with Gasteiger partial charge in [0.1, 0.15) is 0 Å². The Labute approximate surface area is 110 Å². The molecule has 0 bridgehead atoms. The van der Waals surface area contributed by atoms with Gasteiger partial charge in [0, 0.05) is 32.9 Å². The number of fused-ring (bicyclic) bond motifs is 1. The van der Waals surface area contributed by atoms with E-state index in [1.165, 1.54) is 0 Å². The normalized spacial score (nSPS) is 12.6. The molecular formula is C12H15N5O2. The molecule has 0 spiro atoms. The van der Waals surface area contributed by atoms with Gasteiger partial charge in [-0.3, -0.25) is 4.57 Å². The number of aromatic nitrogens is 3. The molecule has 0 amide bonds. The quantitative estimate of drug-likeness (QED) is 0.899. The predicted octanol–water partition coefficient (Wildman–Crippen LogP) is 1.35. The third-order valence-electron chi connectivity index (χ3n) is 2.88. The first-order valence-electron chi connectivity index (χ1n) is 5.88. The third-order valence-corrected chi connectivity index (χ3v) is 2.88. The zero-order chi connectivity index (χ0) is 13.4. The van der Waals surface area contributed by atoms with E-state index < -0.39 is 0 Å². The number of anilines is 3. The van der Waals surface area contributed by atoms with E-state index >= 15 is 0 Å². The van der Waals surface area contributed by atoms with E-state index in [2.05, 4.69) is 15.5 Å². The fraction of sp³-hybridized carbons (Fsp3) is 0.333. The molecule has 1 aliphatic rings. The van der Waals surface area contributed by atoms with E-state index in [4.69, 9.17) is 9.47 Å². The lowest BCUT2D eigenvalue weighted by atomic mass is 10.3. The lowest BCUT2D eigenvalue weighted by molar-refractivity contribution is 0.174. The van der Waals surface area contributed by atoms with Crippen molar-refractivity contribution in [3.05, 3.63) is 18.2 Å². The Bertz CT molecular complexity index is 608. The summed E-state index contributed by atoms with van der Waals surface area (Å²) in [5, 5.41) is 11.4. The van der Waals surface area contributed by atoms with Gasteiger partial charge < -0.3 is 19.7 Å². The van der Waals surface area contributed by atoms with Crippen molar-refractivity contribution in [1.29, 1.82) is 0 Å². The molecule has 0 saturated heterocycles. The van der Waals surface area contributed by atoms with Gasteiger partial charge in [0.25, 0.3) is 0 Å². The van der Waals surface area contributed by atoms with Gasteiger partial charge in [-0.2, -0.15) is 0 Å². The number of rotatable bonds is 3. The first kappa shape index (κ1) is 11.6. The number of ether oxygens (including phenoxy) is 2. The Kier molecular flexibility index (Phi) is 2.66. The smallest absolute Gasteiger partial charge is 0.231 e. The molecule has 0 aliphatic carbocycles. The van der Waals surface area contributed by atoms with Crippen LogP contribution in [-0.4, -0.2) is 35.7 Å². The van der Waals surface area contributed by atoms with Gasteiger partial charge in [0.15, 0.2) is 11.5 Å². The van der Waals surface area contributed by atoms with E-state index in [-0.39, 0.29) is 6.79 Å². The average Bonchev–Trinajstić information content (AvgIpc) is 2.96. The molecule has 1 N–H and O–H groups in total.